The Morgan fingerprint density at radius 1 is 1.11 bits per heavy atom. The molecule has 1 saturated carbocycles. The Labute approximate surface area is 106 Å². The molecule has 0 amide bonds. The first-order valence-corrected chi connectivity index (χ1v) is 6.43. The molecule has 0 N–H and O–H groups in total. The quantitative estimate of drug-likeness (QED) is 0.731. The van der Waals surface area contributed by atoms with Crippen LogP contribution >= 0.6 is 0 Å². The standard InChI is InChI=1S/C15H18F2O/c1-14(16,17)15(9-3-2-4-10-15)13-7-5-12(11-18)6-8-13/h5-8,11H,2-4,9-10H2,1H3. The van der Waals surface area contributed by atoms with E-state index in [1.807, 2.05) is 0 Å². The maximum Gasteiger partial charge on any atom is 0.254 e. The Hall–Kier alpha value is -1.25. The molecule has 0 atom stereocenters. The highest BCUT2D eigenvalue weighted by molar-refractivity contribution is 5.74. The highest BCUT2D eigenvalue weighted by Crippen LogP contribution is 2.49. The Morgan fingerprint density at radius 2 is 1.67 bits per heavy atom. The summed E-state index contributed by atoms with van der Waals surface area (Å²) in [5.41, 5.74) is 0.150. The van der Waals surface area contributed by atoms with Gasteiger partial charge < -0.3 is 0 Å². The predicted molar refractivity (Wildman–Crippen MR) is 67.2 cm³/mol. The maximum absolute atomic E-state index is 14.1. The number of carbonyl (C=O) groups excluding carboxylic acids is 1. The van der Waals surface area contributed by atoms with Crippen LogP contribution < -0.4 is 0 Å². The number of benzene rings is 1. The van der Waals surface area contributed by atoms with E-state index in [2.05, 4.69) is 0 Å². The second-order valence-corrected chi connectivity index (χ2v) is 5.27. The van der Waals surface area contributed by atoms with Gasteiger partial charge in [0.05, 0.1) is 5.41 Å². The van der Waals surface area contributed by atoms with Gasteiger partial charge in [0, 0.05) is 12.5 Å². The van der Waals surface area contributed by atoms with Gasteiger partial charge in [-0.2, -0.15) is 0 Å². The minimum absolute atomic E-state index is 0.525. The van der Waals surface area contributed by atoms with Crippen LogP contribution in [-0.4, -0.2) is 12.2 Å². The van der Waals surface area contributed by atoms with Gasteiger partial charge >= 0.3 is 0 Å². The fourth-order valence-electron chi connectivity index (χ4n) is 3.02. The van der Waals surface area contributed by atoms with E-state index < -0.39 is 11.3 Å². The van der Waals surface area contributed by atoms with Crippen LogP contribution in [0.4, 0.5) is 8.78 Å². The van der Waals surface area contributed by atoms with Gasteiger partial charge in [0.25, 0.3) is 5.92 Å². The highest BCUT2D eigenvalue weighted by atomic mass is 19.3. The lowest BCUT2D eigenvalue weighted by molar-refractivity contribution is -0.0777. The molecular formula is C15H18F2O. The van der Waals surface area contributed by atoms with Crippen molar-refractivity contribution in [1.29, 1.82) is 0 Å². The summed E-state index contributed by atoms with van der Waals surface area (Å²) in [6, 6.07) is 6.63. The molecule has 0 bridgehead atoms. The number of alkyl halides is 2. The van der Waals surface area contributed by atoms with Crippen molar-refractivity contribution in [3.05, 3.63) is 35.4 Å². The van der Waals surface area contributed by atoms with Crippen LogP contribution in [0.15, 0.2) is 24.3 Å². The molecular weight excluding hydrogens is 234 g/mol. The molecule has 0 heterocycles. The minimum atomic E-state index is -2.73. The van der Waals surface area contributed by atoms with Crippen LogP contribution in [0.25, 0.3) is 0 Å². The van der Waals surface area contributed by atoms with Gasteiger partial charge in [-0.1, -0.05) is 43.5 Å². The monoisotopic (exact) mass is 252 g/mol. The fourth-order valence-corrected chi connectivity index (χ4v) is 3.02. The summed E-state index contributed by atoms with van der Waals surface area (Å²) in [5, 5.41) is 0. The van der Waals surface area contributed by atoms with Gasteiger partial charge in [0.2, 0.25) is 0 Å². The smallest absolute Gasteiger partial charge is 0.254 e. The zero-order valence-electron chi connectivity index (χ0n) is 10.6. The Morgan fingerprint density at radius 3 is 2.11 bits per heavy atom. The number of rotatable bonds is 3. The molecule has 3 heteroatoms. The van der Waals surface area contributed by atoms with Crippen LogP contribution in [0.5, 0.6) is 0 Å². The van der Waals surface area contributed by atoms with Crippen LogP contribution in [0.1, 0.15) is 54.9 Å². The third-order valence-corrected chi connectivity index (χ3v) is 4.15. The van der Waals surface area contributed by atoms with E-state index in [1.165, 1.54) is 0 Å². The van der Waals surface area contributed by atoms with Gasteiger partial charge in [-0.05, 0) is 18.4 Å². The molecule has 1 fully saturated rings. The molecule has 1 aromatic carbocycles. The van der Waals surface area contributed by atoms with E-state index in [9.17, 15) is 13.6 Å². The number of carbonyl (C=O) groups is 1. The summed E-state index contributed by atoms with van der Waals surface area (Å²) < 4.78 is 28.1. The summed E-state index contributed by atoms with van der Waals surface area (Å²) in [6.07, 6.45) is 4.51. The maximum atomic E-state index is 14.1. The third-order valence-electron chi connectivity index (χ3n) is 4.15. The topological polar surface area (TPSA) is 17.1 Å². The second kappa shape index (κ2) is 4.79. The summed E-state index contributed by atoms with van der Waals surface area (Å²) in [6.45, 7) is 1.02. The van der Waals surface area contributed by atoms with E-state index in [4.69, 9.17) is 0 Å². The van der Waals surface area contributed by atoms with Crippen molar-refractivity contribution in [2.45, 2.75) is 50.4 Å². The van der Waals surface area contributed by atoms with Crippen molar-refractivity contribution in [1.82, 2.24) is 0 Å². The zero-order valence-corrected chi connectivity index (χ0v) is 10.6. The number of hydrogen-bond donors (Lipinski definition) is 0. The molecule has 0 saturated heterocycles. The average molecular weight is 252 g/mol. The van der Waals surface area contributed by atoms with Gasteiger partial charge in [-0.15, -0.1) is 0 Å². The van der Waals surface area contributed by atoms with Crippen LogP contribution in [0.3, 0.4) is 0 Å². The molecule has 1 nitrogen and oxygen atoms in total. The second-order valence-electron chi connectivity index (χ2n) is 5.27. The summed E-state index contributed by atoms with van der Waals surface area (Å²) >= 11 is 0. The van der Waals surface area contributed by atoms with E-state index in [1.54, 1.807) is 24.3 Å². The fraction of sp³-hybridized carbons (Fsp3) is 0.533. The van der Waals surface area contributed by atoms with Gasteiger partial charge in [-0.3, -0.25) is 4.79 Å². The van der Waals surface area contributed by atoms with Crippen molar-refractivity contribution in [3.8, 4) is 0 Å². The van der Waals surface area contributed by atoms with Crippen molar-refractivity contribution in [2.75, 3.05) is 0 Å². The zero-order chi connectivity index (χ0) is 13.2. The van der Waals surface area contributed by atoms with E-state index in [-0.39, 0.29) is 0 Å². The van der Waals surface area contributed by atoms with Crippen molar-refractivity contribution in [3.63, 3.8) is 0 Å². The van der Waals surface area contributed by atoms with Crippen molar-refractivity contribution in [2.24, 2.45) is 0 Å². The molecule has 0 aromatic heterocycles. The molecule has 2 rings (SSSR count). The molecule has 0 aliphatic heterocycles. The van der Waals surface area contributed by atoms with Gasteiger partial charge in [-0.25, -0.2) is 8.78 Å². The van der Waals surface area contributed by atoms with Crippen molar-refractivity contribution < 1.29 is 13.6 Å². The van der Waals surface area contributed by atoms with Gasteiger partial charge in [0.15, 0.2) is 0 Å². The highest BCUT2D eigenvalue weighted by Gasteiger charge is 2.51. The third kappa shape index (κ3) is 2.18. The molecule has 1 aromatic rings. The summed E-state index contributed by atoms with van der Waals surface area (Å²) in [7, 11) is 0. The number of hydrogen-bond acceptors (Lipinski definition) is 1. The molecule has 0 spiro atoms. The molecule has 1 aliphatic rings. The summed E-state index contributed by atoms with van der Waals surface area (Å²) in [5.74, 6) is -2.73. The normalized spacial score (nSPS) is 19.5. The van der Waals surface area contributed by atoms with E-state index in [0.29, 0.717) is 24.0 Å². The first-order valence-electron chi connectivity index (χ1n) is 6.43. The molecule has 0 unspecified atom stereocenters. The van der Waals surface area contributed by atoms with Gasteiger partial charge in [0.1, 0.15) is 6.29 Å². The largest absolute Gasteiger partial charge is 0.298 e. The van der Waals surface area contributed by atoms with E-state index >= 15 is 0 Å². The average Bonchev–Trinajstić information content (AvgIpc) is 2.38. The lowest BCUT2D eigenvalue weighted by Gasteiger charge is -2.42. The van der Waals surface area contributed by atoms with E-state index in [0.717, 1.165) is 32.5 Å². The lowest BCUT2D eigenvalue weighted by atomic mass is 9.65. The minimum Gasteiger partial charge on any atom is -0.298 e. The Balaban J connectivity index is 2.42. The lowest BCUT2D eigenvalue weighted by Crippen LogP contribution is -2.44. The van der Waals surface area contributed by atoms with Crippen LogP contribution in [0.2, 0.25) is 0 Å². The summed E-state index contributed by atoms with van der Waals surface area (Å²) in [4.78, 5) is 10.6. The predicted octanol–water partition coefficient (Wildman–Crippen LogP) is 4.36. The Kier molecular flexibility index (Phi) is 3.51. The molecule has 1 aliphatic carbocycles. The van der Waals surface area contributed by atoms with Crippen LogP contribution in [-0.2, 0) is 5.41 Å². The molecule has 18 heavy (non-hydrogen) atoms. The number of halogens is 2. The first kappa shape index (κ1) is 13.2. The van der Waals surface area contributed by atoms with Crippen molar-refractivity contribution >= 4 is 6.29 Å². The molecule has 98 valence electrons. The number of aldehydes is 1. The van der Waals surface area contributed by atoms with Crippen LogP contribution in [0, 0.1) is 0 Å². The Bertz CT molecular complexity index is 411. The molecule has 0 radical (unpaired) electrons. The SMILES string of the molecule is CC(F)(F)C1(c2ccc(C=O)cc2)CCCCC1. The first-order chi connectivity index (χ1) is 8.49.